The summed E-state index contributed by atoms with van der Waals surface area (Å²) in [6.45, 7) is 8.28. The Morgan fingerprint density at radius 2 is 1.93 bits per heavy atom. The van der Waals surface area contributed by atoms with Gasteiger partial charge in [0.25, 0.3) is 0 Å². The quantitative estimate of drug-likeness (QED) is 0.685. The van der Waals surface area contributed by atoms with E-state index in [4.69, 9.17) is 5.73 Å². The smallest absolute Gasteiger partial charge is 0.237 e. The molecule has 0 saturated carbocycles. The molecule has 14 heavy (non-hydrogen) atoms. The van der Waals surface area contributed by atoms with Crippen LogP contribution in [0.1, 0.15) is 47.0 Å². The van der Waals surface area contributed by atoms with Gasteiger partial charge < -0.3 is 11.1 Å². The normalized spacial score (nSPS) is 15.3. The Morgan fingerprint density at radius 3 is 2.36 bits per heavy atom. The van der Waals surface area contributed by atoms with Crippen LogP contribution in [0.2, 0.25) is 0 Å². The number of rotatable bonds is 6. The summed E-state index contributed by atoms with van der Waals surface area (Å²) in [5, 5.41) is 2.92. The summed E-state index contributed by atoms with van der Waals surface area (Å²) in [5.41, 5.74) is 5.74. The van der Waals surface area contributed by atoms with Crippen molar-refractivity contribution in [1.82, 2.24) is 5.32 Å². The molecule has 3 heteroatoms. The maximum absolute atomic E-state index is 11.5. The lowest BCUT2D eigenvalue weighted by molar-refractivity contribution is -0.123. The minimum atomic E-state index is -0.337. The first kappa shape index (κ1) is 13.4. The molecule has 0 aromatic carbocycles. The lowest BCUT2D eigenvalue weighted by atomic mass is 10.1. The van der Waals surface area contributed by atoms with E-state index in [1.165, 1.54) is 0 Å². The van der Waals surface area contributed by atoms with Crippen molar-refractivity contribution in [2.24, 2.45) is 11.7 Å². The minimum absolute atomic E-state index is 0.0142. The van der Waals surface area contributed by atoms with E-state index in [1.54, 1.807) is 0 Å². The van der Waals surface area contributed by atoms with Gasteiger partial charge in [0, 0.05) is 6.04 Å². The monoisotopic (exact) mass is 200 g/mol. The molecule has 2 unspecified atom stereocenters. The number of carbonyl (C=O) groups is 1. The van der Waals surface area contributed by atoms with Crippen molar-refractivity contribution in [3.8, 4) is 0 Å². The summed E-state index contributed by atoms with van der Waals surface area (Å²) < 4.78 is 0. The van der Waals surface area contributed by atoms with Gasteiger partial charge >= 0.3 is 0 Å². The molecule has 0 spiro atoms. The molecule has 0 saturated heterocycles. The zero-order valence-electron chi connectivity index (χ0n) is 9.84. The molecular formula is C11H24N2O. The molecule has 2 atom stereocenters. The Kier molecular flexibility index (Phi) is 6.54. The van der Waals surface area contributed by atoms with Crippen LogP contribution in [0.25, 0.3) is 0 Å². The highest BCUT2D eigenvalue weighted by Crippen LogP contribution is 2.02. The van der Waals surface area contributed by atoms with Crippen LogP contribution in [0.3, 0.4) is 0 Å². The van der Waals surface area contributed by atoms with E-state index in [2.05, 4.69) is 26.1 Å². The Labute approximate surface area is 87.4 Å². The first-order valence-electron chi connectivity index (χ1n) is 5.55. The average molecular weight is 200 g/mol. The van der Waals surface area contributed by atoms with E-state index in [9.17, 15) is 4.79 Å². The van der Waals surface area contributed by atoms with Gasteiger partial charge in [-0.3, -0.25) is 4.79 Å². The highest BCUT2D eigenvalue weighted by molar-refractivity contribution is 5.81. The van der Waals surface area contributed by atoms with Crippen LogP contribution in [0.5, 0.6) is 0 Å². The molecule has 0 rings (SSSR count). The fourth-order valence-electron chi connectivity index (χ4n) is 1.05. The fourth-order valence-corrected chi connectivity index (χ4v) is 1.05. The van der Waals surface area contributed by atoms with Gasteiger partial charge in [0.15, 0.2) is 0 Å². The molecule has 0 fully saturated rings. The molecule has 0 aliphatic rings. The molecule has 0 bridgehead atoms. The minimum Gasteiger partial charge on any atom is -0.352 e. The maximum atomic E-state index is 11.5. The second-order valence-electron chi connectivity index (χ2n) is 4.29. The summed E-state index contributed by atoms with van der Waals surface area (Å²) in [5.74, 6) is 0.442. The van der Waals surface area contributed by atoms with Crippen LogP contribution in [0.15, 0.2) is 0 Å². The second-order valence-corrected chi connectivity index (χ2v) is 4.29. The average Bonchev–Trinajstić information content (AvgIpc) is 2.13. The number of hydrogen-bond acceptors (Lipinski definition) is 2. The number of nitrogens with two attached hydrogens (primary N) is 1. The molecule has 0 aromatic rings. The van der Waals surface area contributed by atoms with Crippen molar-refractivity contribution in [1.29, 1.82) is 0 Å². The molecule has 3 N–H and O–H groups in total. The number of unbranched alkanes of at least 4 members (excludes halogenated alkanes) is 1. The second kappa shape index (κ2) is 6.82. The Bertz CT molecular complexity index is 169. The standard InChI is InChI=1S/C11H24N2O/c1-5-6-7-10(12)11(14)13-9(4)8(2)3/h8-10H,5-7,12H2,1-4H3,(H,13,14). The third-order valence-corrected chi connectivity index (χ3v) is 2.58. The van der Waals surface area contributed by atoms with E-state index < -0.39 is 0 Å². The summed E-state index contributed by atoms with van der Waals surface area (Å²) in [6.07, 6.45) is 2.89. The highest BCUT2D eigenvalue weighted by atomic mass is 16.2. The zero-order chi connectivity index (χ0) is 11.1. The summed E-state index contributed by atoms with van der Waals surface area (Å²) in [4.78, 5) is 11.5. The molecule has 0 aromatic heterocycles. The molecule has 0 aliphatic carbocycles. The van der Waals surface area contributed by atoms with E-state index in [-0.39, 0.29) is 18.0 Å². The Morgan fingerprint density at radius 1 is 1.36 bits per heavy atom. The predicted octanol–water partition coefficient (Wildman–Crippen LogP) is 1.66. The molecule has 0 aliphatic heterocycles. The van der Waals surface area contributed by atoms with Crippen molar-refractivity contribution in [2.75, 3.05) is 0 Å². The third-order valence-electron chi connectivity index (χ3n) is 2.58. The van der Waals surface area contributed by atoms with Gasteiger partial charge in [-0.15, -0.1) is 0 Å². The molecule has 1 amide bonds. The SMILES string of the molecule is CCCCC(N)C(=O)NC(C)C(C)C. The lowest BCUT2D eigenvalue weighted by Gasteiger charge is -2.20. The third kappa shape index (κ3) is 5.22. The number of amides is 1. The molecule has 3 nitrogen and oxygen atoms in total. The lowest BCUT2D eigenvalue weighted by Crippen LogP contribution is -2.45. The topological polar surface area (TPSA) is 55.1 Å². The first-order chi connectivity index (χ1) is 6.49. The Balaban J connectivity index is 3.82. The number of carbonyl (C=O) groups excluding carboxylic acids is 1. The van der Waals surface area contributed by atoms with Crippen LogP contribution in [-0.2, 0) is 4.79 Å². The van der Waals surface area contributed by atoms with Crippen molar-refractivity contribution in [2.45, 2.75) is 59.0 Å². The Hall–Kier alpha value is -0.570. The molecule has 0 heterocycles. The van der Waals surface area contributed by atoms with Gasteiger partial charge in [0.05, 0.1) is 6.04 Å². The van der Waals surface area contributed by atoms with Gasteiger partial charge in [-0.2, -0.15) is 0 Å². The van der Waals surface area contributed by atoms with Crippen molar-refractivity contribution in [3.63, 3.8) is 0 Å². The van der Waals surface area contributed by atoms with Gasteiger partial charge in [-0.05, 0) is 19.3 Å². The van der Waals surface area contributed by atoms with E-state index in [1.807, 2.05) is 6.92 Å². The van der Waals surface area contributed by atoms with Crippen molar-refractivity contribution < 1.29 is 4.79 Å². The van der Waals surface area contributed by atoms with E-state index in [0.29, 0.717) is 5.92 Å². The highest BCUT2D eigenvalue weighted by Gasteiger charge is 2.16. The summed E-state index contributed by atoms with van der Waals surface area (Å²) in [7, 11) is 0. The van der Waals surface area contributed by atoms with Gasteiger partial charge in [-0.25, -0.2) is 0 Å². The van der Waals surface area contributed by atoms with Gasteiger partial charge in [0.1, 0.15) is 0 Å². The zero-order valence-corrected chi connectivity index (χ0v) is 9.84. The van der Waals surface area contributed by atoms with Crippen molar-refractivity contribution >= 4 is 5.91 Å². The maximum Gasteiger partial charge on any atom is 0.237 e. The van der Waals surface area contributed by atoms with E-state index in [0.717, 1.165) is 19.3 Å². The molecular weight excluding hydrogens is 176 g/mol. The fraction of sp³-hybridized carbons (Fsp3) is 0.909. The van der Waals surface area contributed by atoms with Gasteiger partial charge in [-0.1, -0.05) is 33.6 Å². The summed E-state index contributed by atoms with van der Waals surface area (Å²) in [6, 6.07) is -0.133. The van der Waals surface area contributed by atoms with Crippen molar-refractivity contribution in [3.05, 3.63) is 0 Å². The van der Waals surface area contributed by atoms with Crippen LogP contribution >= 0.6 is 0 Å². The largest absolute Gasteiger partial charge is 0.352 e. The van der Waals surface area contributed by atoms with E-state index >= 15 is 0 Å². The summed E-state index contributed by atoms with van der Waals surface area (Å²) >= 11 is 0. The number of nitrogens with one attached hydrogen (secondary N) is 1. The van der Waals surface area contributed by atoms with Crippen LogP contribution in [-0.4, -0.2) is 18.0 Å². The first-order valence-corrected chi connectivity index (χ1v) is 5.55. The van der Waals surface area contributed by atoms with Crippen LogP contribution in [0, 0.1) is 5.92 Å². The molecule has 0 radical (unpaired) electrons. The van der Waals surface area contributed by atoms with Crippen LogP contribution < -0.4 is 11.1 Å². The van der Waals surface area contributed by atoms with Gasteiger partial charge in [0.2, 0.25) is 5.91 Å². The van der Waals surface area contributed by atoms with Crippen LogP contribution in [0.4, 0.5) is 0 Å². The molecule has 84 valence electrons. The predicted molar refractivity (Wildman–Crippen MR) is 59.9 cm³/mol. The number of hydrogen-bond donors (Lipinski definition) is 2.